The molecule has 0 bridgehead atoms. The van der Waals surface area contributed by atoms with Crippen molar-refractivity contribution >= 4 is 40.7 Å². The zero-order valence-corrected chi connectivity index (χ0v) is 15.0. The monoisotopic (exact) mass is 353 g/mol. The van der Waals surface area contributed by atoms with Crippen LogP contribution in [-0.2, 0) is 6.42 Å². The molecule has 1 aromatic heterocycles. The normalized spacial score (nSPS) is 12.4. The van der Waals surface area contributed by atoms with Gasteiger partial charge in [-0.15, -0.1) is 0 Å². The van der Waals surface area contributed by atoms with Crippen LogP contribution in [0.3, 0.4) is 0 Å². The molecule has 1 unspecified atom stereocenters. The van der Waals surface area contributed by atoms with Crippen LogP contribution in [0.1, 0.15) is 18.9 Å². The molecule has 1 atom stereocenters. The van der Waals surface area contributed by atoms with Crippen molar-refractivity contribution in [1.82, 2.24) is 14.9 Å². The molecule has 0 spiro atoms. The van der Waals surface area contributed by atoms with Gasteiger partial charge in [-0.1, -0.05) is 29.3 Å². The highest BCUT2D eigenvalue weighted by atomic mass is 35.5. The third-order valence-corrected chi connectivity index (χ3v) is 4.63. The standard InChI is InChI=1S/C16H21Cl2N5/c1-10(23(2)3)7-8-11-9-20-16(22-15(11)19)21-13-6-4-5-12(17)14(13)18/h4-6,9-10H,7-8H2,1-3H3,(H3,19,20,21,22). The van der Waals surface area contributed by atoms with Gasteiger partial charge in [0.2, 0.25) is 5.95 Å². The van der Waals surface area contributed by atoms with E-state index >= 15 is 0 Å². The number of aryl methyl sites for hydroxylation is 1. The van der Waals surface area contributed by atoms with Crippen LogP contribution in [0.2, 0.25) is 10.0 Å². The van der Waals surface area contributed by atoms with Gasteiger partial charge in [0, 0.05) is 17.8 Å². The molecule has 0 aliphatic carbocycles. The van der Waals surface area contributed by atoms with Gasteiger partial charge in [0.05, 0.1) is 15.7 Å². The minimum absolute atomic E-state index is 0.399. The number of halogens is 2. The van der Waals surface area contributed by atoms with Gasteiger partial charge in [-0.05, 0) is 46.0 Å². The van der Waals surface area contributed by atoms with Crippen molar-refractivity contribution in [2.45, 2.75) is 25.8 Å². The molecular formula is C16H21Cl2N5. The second-order valence-electron chi connectivity index (χ2n) is 5.68. The van der Waals surface area contributed by atoms with Crippen LogP contribution in [0.15, 0.2) is 24.4 Å². The average Bonchev–Trinajstić information content (AvgIpc) is 2.50. The number of aromatic nitrogens is 2. The SMILES string of the molecule is CC(CCc1cnc(Nc2cccc(Cl)c2Cl)nc1N)N(C)C. The number of nitrogens with zero attached hydrogens (tertiary/aromatic N) is 3. The number of rotatable bonds is 6. The number of hydrogen-bond acceptors (Lipinski definition) is 5. The fourth-order valence-corrected chi connectivity index (χ4v) is 2.36. The highest BCUT2D eigenvalue weighted by Crippen LogP contribution is 2.31. The van der Waals surface area contributed by atoms with Crippen LogP contribution in [0, 0.1) is 0 Å². The van der Waals surface area contributed by atoms with E-state index in [1.54, 1.807) is 24.4 Å². The molecule has 23 heavy (non-hydrogen) atoms. The fraction of sp³-hybridized carbons (Fsp3) is 0.375. The molecule has 0 amide bonds. The number of anilines is 3. The maximum Gasteiger partial charge on any atom is 0.229 e. The Morgan fingerprint density at radius 3 is 2.70 bits per heavy atom. The quantitative estimate of drug-likeness (QED) is 0.821. The second-order valence-corrected chi connectivity index (χ2v) is 6.47. The Morgan fingerprint density at radius 1 is 1.30 bits per heavy atom. The summed E-state index contributed by atoms with van der Waals surface area (Å²) in [5.41, 5.74) is 7.63. The van der Waals surface area contributed by atoms with E-state index in [0.29, 0.717) is 33.5 Å². The predicted molar refractivity (Wildman–Crippen MR) is 97.7 cm³/mol. The zero-order chi connectivity index (χ0) is 17.0. The molecule has 7 heteroatoms. The molecule has 0 radical (unpaired) electrons. The number of benzene rings is 1. The highest BCUT2D eigenvalue weighted by molar-refractivity contribution is 6.43. The number of nitrogen functional groups attached to an aromatic ring is 1. The molecule has 0 aliphatic heterocycles. The molecule has 3 N–H and O–H groups in total. The summed E-state index contributed by atoms with van der Waals surface area (Å²) in [6.45, 7) is 2.17. The average molecular weight is 354 g/mol. The van der Waals surface area contributed by atoms with Gasteiger partial charge in [-0.25, -0.2) is 4.98 Å². The first-order chi connectivity index (χ1) is 10.9. The number of nitrogens with two attached hydrogens (primary N) is 1. The van der Waals surface area contributed by atoms with Gasteiger partial charge in [0.15, 0.2) is 0 Å². The van der Waals surface area contributed by atoms with Crippen molar-refractivity contribution < 1.29 is 0 Å². The molecule has 124 valence electrons. The predicted octanol–water partition coefficient (Wildman–Crippen LogP) is 3.99. The van der Waals surface area contributed by atoms with Gasteiger partial charge in [-0.3, -0.25) is 0 Å². The highest BCUT2D eigenvalue weighted by Gasteiger charge is 2.10. The van der Waals surface area contributed by atoms with E-state index in [0.717, 1.165) is 18.4 Å². The minimum atomic E-state index is 0.399. The van der Waals surface area contributed by atoms with Crippen LogP contribution < -0.4 is 11.1 Å². The number of nitrogens with one attached hydrogen (secondary N) is 1. The second kappa shape index (κ2) is 7.81. The van der Waals surface area contributed by atoms with E-state index < -0.39 is 0 Å². The number of hydrogen-bond donors (Lipinski definition) is 2. The summed E-state index contributed by atoms with van der Waals surface area (Å²) in [6, 6.07) is 5.80. The lowest BCUT2D eigenvalue weighted by atomic mass is 10.1. The summed E-state index contributed by atoms with van der Waals surface area (Å²) in [5, 5.41) is 3.94. The molecular weight excluding hydrogens is 333 g/mol. The maximum absolute atomic E-state index is 6.14. The van der Waals surface area contributed by atoms with Crippen molar-refractivity contribution in [3.05, 3.63) is 40.0 Å². The summed E-state index contributed by atoms with van der Waals surface area (Å²) < 4.78 is 0. The van der Waals surface area contributed by atoms with Gasteiger partial charge >= 0.3 is 0 Å². The van der Waals surface area contributed by atoms with Crippen LogP contribution in [0.25, 0.3) is 0 Å². The van der Waals surface area contributed by atoms with Crippen molar-refractivity contribution in [2.24, 2.45) is 0 Å². The summed E-state index contributed by atoms with van der Waals surface area (Å²) in [6.07, 6.45) is 3.59. The molecule has 0 saturated heterocycles. The van der Waals surface area contributed by atoms with E-state index in [4.69, 9.17) is 28.9 Å². The minimum Gasteiger partial charge on any atom is -0.383 e. The van der Waals surface area contributed by atoms with Crippen molar-refractivity contribution in [1.29, 1.82) is 0 Å². The summed E-state index contributed by atoms with van der Waals surface area (Å²) >= 11 is 12.1. The van der Waals surface area contributed by atoms with Gasteiger partial charge in [-0.2, -0.15) is 4.98 Å². The summed E-state index contributed by atoms with van der Waals surface area (Å²) in [4.78, 5) is 10.8. The van der Waals surface area contributed by atoms with E-state index in [-0.39, 0.29) is 0 Å². The van der Waals surface area contributed by atoms with Crippen molar-refractivity contribution in [3.63, 3.8) is 0 Å². The lowest BCUT2D eigenvalue weighted by Crippen LogP contribution is -2.25. The van der Waals surface area contributed by atoms with Crippen molar-refractivity contribution in [2.75, 3.05) is 25.1 Å². The Kier molecular flexibility index (Phi) is 6.04. The Hall–Kier alpha value is -1.56. The van der Waals surface area contributed by atoms with Gasteiger partial charge < -0.3 is 16.0 Å². The van der Waals surface area contributed by atoms with Crippen molar-refractivity contribution in [3.8, 4) is 0 Å². The molecule has 5 nitrogen and oxygen atoms in total. The van der Waals surface area contributed by atoms with Crippen LogP contribution >= 0.6 is 23.2 Å². The molecule has 1 aromatic carbocycles. The molecule has 1 heterocycles. The first-order valence-corrected chi connectivity index (χ1v) is 8.13. The van der Waals surface area contributed by atoms with E-state index in [1.807, 2.05) is 0 Å². The summed E-state index contributed by atoms with van der Waals surface area (Å²) in [7, 11) is 4.12. The first kappa shape index (κ1) is 17.8. The van der Waals surface area contributed by atoms with E-state index in [2.05, 4.69) is 41.2 Å². The topological polar surface area (TPSA) is 67.1 Å². The Balaban J connectivity index is 2.08. The third-order valence-electron chi connectivity index (χ3n) is 3.81. The fourth-order valence-electron chi connectivity index (χ4n) is 2.02. The lowest BCUT2D eigenvalue weighted by molar-refractivity contribution is 0.299. The molecule has 2 rings (SSSR count). The van der Waals surface area contributed by atoms with Gasteiger partial charge in [0.1, 0.15) is 5.82 Å². The van der Waals surface area contributed by atoms with Crippen LogP contribution in [0.5, 0.6) is 0 Å². The molecule has 0 saturated carbocycles. The Morgan fingerprint density at radius 2 is 2.04 bits per heavy atom. The smallest absolute Gasteiger partial charge is 0.229 e. The Labute approximate surface area is 146 Å². The summed E-state index contributed by atoms with van der Waals surface area (Å²) in [5.74, 6) is 0.877. The third kappa shape index (κ3) is 4.70. The molecule has 0 aliphatic rings. The molecule has 0 fully saturated rings. The lowest BCUT2D eigenvalue weighted by Gasteiger charge is -2.19. The molecule has 2 aromatic rings. The first-order valence-electron chi connectivity index (χ1n) is 7.37. The van der Waals surface area contributed by atoms with E-state index in [1.165, 1.54) is 0 Å². The van der Waals surface area contributed by atoms with Crippen LogP contribution in [-0.4, -0.2) is 35.0 Å². The maximum atomic E-state index is 6.14. The van der Waals surface area contributed by atoms with E-state index in [9.17, 15) is 0 Å². The largest absolute Gasteiger partial charge is 0.383 e. The zero-order valence-electron chi connectivity index (χ0n) is 13.5. The van der Waals surface area contributed by atoms with Crippen LogP contribution in [0.4, 0.5) is 17.5 Å². The Bertz CT molecular complexity index is 676. The van der Waals surface area contributed by atoms with Gasteiger partial charge in [0.25, 0.3) is 0 Å².